The number of aromatic nitrogens is 2. The quantitative estimate of drug-likeness (QED) is 0.461. The number of nitrogens with zero attached hydrogens (tertiary/aromatic N) is 5. The van der Waals surface area contributed by atoms with E-state index in [1.54, 1.807) is 24.5 Å². The Hall–Kier alpha value is -3.46. The third-order valence-electron chi connectivity index (χ3n) is 7.30. The maximum atomic E-state index is 13.7. The second kappa shape index (κ2) is 10.1. The number of fused-ring (bicyclic) bond motifs is 1. The van der Waals surface area contributed by atoms with E-state index < -0.39 is 11.7 Å². The van der Waals surface area contributed by atoms with Crippen LogP contribution in [0.15, 0.2) is 55.1 Å². The van der Waals surface area contributed by atoms with Gasteiger partial charge in [0.05, 0.1) is 23.6 Å². The summed E-state index contributed by atoms with van der Waals surface area (Å²) in [6, 6.07) is 9.70. The van der Waals surface area contributed by atoms with E-state index in [2.05, 4.69) is 26.7 Å². The number of halogens is 3. The number of piperazine rings is 1. The summed E-state index contributed by atoms with van der Waals surface area (Å²) < 4.78 is 41.1. The van der Waals surface area contributed by atoms with Gasteiger partial charge < -0.3 is 14.7 Å². The van der Waals surface area contributed by atoms with E-state index in [-0.39, 0.29) is 18.1 Å². The van der Waals surface area contributed by atoms with Crippen LogP contribution >= 0.6 is 0 Å². The topological polar surface area (TPSA) is 52.6 Å². The zero-order chi connectivity index (χ0) is 26.2. The fraction of sp³-hybridized carbons (Fsp3) is 0.393. The molecule has 0 aliphatic carbocycles. The Balaban J connectivity index is 1.39. The van der Waals surface area contributed by atoms with Crippen molar-refractivity contribution in [3.05, 3.63) is 82.9 Å². The fourth-order valence-electron chi connectivity index (χ4n) is 5.22. The second-order valence-electron chi connectivity index (χ2n) is 10.1. The van der Waals surface area contributed by atoms with Gasteiger partial charge in [-0.05, 0) is 53.9 Å². The first kappa shape index (κ1) is 25.2. The molecular weight excluding hydrogens is 479 g/mol. The van der Waals surface area contributed by atoms with Gasteiger partial charge in [-0.2, -0.15) is 13.2 Å². The number of ketones is 1. The van der Waals surface area contributed by atoms with E-state index in [9.17, 15) is 18.0 Å². The molecule has 0 N–H and O–H groups in total. The number of carbonyl (C=O) groups excluding carboxylic acids is 1. The van der Waals surface area contributed by atoms with Gasteiger partial charge in [-0.1, -0.05) is 19.1 Å². The van der Waals surface area contributed by atoms with Crippen molar-refractivity contribution in [1.82, 2.24) is 14.9 Å². The number of rotatable bonds is 5. The molecule has 3 heterocycles. The molecule has 9 heteroatoms. The number of hydrogen-bond donors (Lipinski definition) is 0. The molecule has 1 fully saturated rings. The molecule has 1 atom stereocenters. The van der Waals surface area contributed by atoms with Gasteiger partial charge in [0.15, 0.2) is 5.78 Å². The standard InChI is InChI=1S/C28H30F3N5O/c1-19-16-36(25-14-32-18-33-15-25)17-22-12-21(3-4-26(19)22)27(37)11-20-9-23(28(29,30)31)13-24(10-20)35-7-5-34(2)6-8-35/h3-4,9-10,12-15,18-19H,5-8,11,16-17H2,1-2H3. The van der Waals surface area contributed by atoms with Gasteiger partial charge in [-0.3, -0.25) is 4.79 Å². The molecule has 2 aromatic carbocycles. The summed E-state index contributed by atoms with van der Waals surface area (Å²) in [5.41, 5.74) is 3.82. The first-order chi connectivity index (χ1) is 17.7. The Morgan fingerprint density at radius 2 is 1.70 bits per heavy atom. The Morgan fingerprint density at radius 1 is 0.973 bits per heavy atom. The molecule has 2 aliphatic heterocycles. The summed E-state index contributed by atoms with van der Waals surface area (Å²) in [5.74, 6) is 0.0574. The third-order valence-corrected chi connectivity index (χ3v) is 7.30. The Labute approximate surface area is 214 Å². The maximum absolute atomic E-state index is 13.7. The molecule has 0 saturated carbocycles. The van der Waals surface area contributed by atoms with Crippen molar-refractivity contribution in [2.75, 3.05) is 49.6 Å². The highest BCUT2D eigenvalue weighted by atomic mass is 19.4. The predicted octanol–water partition coefficient (Wildman–Crippen LogP) is 4.80. The van der Waals surface area contributed by atoms with Crippen LogP contribution in [0.5, 0.6) is 0 Å². The van der Waals surface area contributed by atoms with Crippen molar-refractivity contribution >= 4 is 17.2 Å². The summed E-state index contributed by atoms with van der Waals surface area (Å²) >= 11 is 0. The number of likely N-dealkylation sites (N-methyl/N-ethyl adjacent to an activating group) is 1. The molecule has 1 saturated heterocycles. The zero-order valence-corrected chi connectivity index (χ0v) is 21.0. The Morgan fingerprint density at radius 3 is 2.41 bits per heavy atom. The van der Waals surface area contributed by atoms with E-state index in [0.29, 0.717) is 36.4 Å². The van der Waals surface area contributed by atoms with Crippen LogP contribution in [0.1, 0.15) is 45.5 Å². The summed E-state index contributed by atoms with van der Waals surface area (Å²) in [6.07, 6.45) is 0.462. The molecule has 37 heavy (non-hydrogen) atoms. The molecule has 1 aromatic heterocycles. The average Bonchev–Trinajstić information content (AvgIpc) is 2.88. The van der Waals surface area contributed by atoms with Crippen molar-refractivity contribution in [2.24, 2.45) is 0 Å². The first-order valence-electron chi connectivity index (χ1n) is 12.5. The van der Waals surface area contributed by atoms with Gasteiger partial charge in [0, 0.05) is 56.9 Å². The summed E-state index contributed by atoms with van der Waals surface area (Å²) in [5, 5.41) is 0. The van der Waals surface area contributed by atoms with Crippen LogP contribution in [0.4, 0.5) is 24.5 Å². The van der Waals surface area contributed by atoms with E-state index in [1.165, 1.54) is 18.0 Å². The number of carbonyl (C=O) groups is 1. The minimum atomic E-state index is -4.48. The third kappa shape index (κ3) is 5.61. The minimum Gasteiger partial charge on any atom is -0.369 e. The summed E-state index contributed by atoms with van der Waals surface area (Å²) in [6.45, 7) is 6.43. The number of anilines is 2. The number of Topliss-reactive ketones (excluding diaryl/α,β-unsaturated/α-hetero) is 1. The molecule has 5 rings (SSSR count). The molecule has 6 nitrogen and oxygen atoms in total. The number of hydrogen-bond acceptors (Lipinski definition) is 6. The van der Waals surface area contributed by atoms with Crippen molar-refractivity contribution in [3.63, 3.8) is 0 Å². The highest BCUT2D eigenvalue weighted by Gasteiger charge is 2.32. The molecule has 3 aromatic rings. The van der Waals surface area contributed by atoms with E-state index >= 15 is 0 Å². The summed E-state index contributed by atoms with van der Waals surface area (Å²) in [7, 11) is 2.00. The molecule has 0 amide bonds. The van der Waals surface area contributed by atoms with Crippen LogP contribution in [0.2, 0.25) is 0 Å². The summed E-state index contributed by atoms with van der Waals surface area (Å²) in [4.78, 5) is 27.8. The molecule has 1 unspecified atom stereocenters. The lowest BCUT2D eigenvalue weighted by atomic mass is 9.88. The van der Waals surface area contributed by atoms with Crippen molar-refractivity contribution in [3.8, 4) is 0 Å². The van der Waals surface area contributed by atoms with Crippen molar-refractivity contribution in [1.29, 1.82) is 0 Å². The predicted molar refractivity (Wildman–Crippen MR) is 137 cm³/mol. The minimum absolute atomic E-state index is 0.0881. The van der Waals surface area contributed by atoms with Gasteiger partial charge in [0.1, 0.15) is 6.33 Å². The van der Waals surface area contributed by atoms with Crippen molar-refractivity contribution in [2.45, 2.75) is 32.0 Å². The highest BCUT2D eigenvalue weighted by Crippen LogP contribution is 2.35. The van der Waals surface area contributed by atoms with Gasteiger partial charge >= 0.3 is 6.18 Å². The molecule has 0 radical (unpaired) electrons. The molecular formula is C28H30F3N5O. The van der Waals surface area contributed by atoms with Gasteiger partial charge in [0.25, 0.3) is 0 Å². The molecule has 194 valence electrons. The zero-order valence-electron chi connectivity index (χ0n) is 21.0. The lowest BCUT2D eigenvalue weighted by Gasteiger charge is -2.34. The SMILES string of the molecule is CC1CN(c2cncnc2)Cc2cc(C(=O)Cc3cc(N4CCN(C)CC4)cc(C(F)(F)F)c3)ccc21. The molecule has 0 spiro atoms. The largest absolute Gasteiger partial charge is 0.416 e. The van der Waals surface area contributed by atoms with Gasteiger partial charge in [-0.25, -0.2) is 9.97 Å². The lowest BCUT2D eigenvalue weighted by molar-refractivity contribution is -0.137. The number of alkyl halides is 3. The fourth-order valence-corrected chi connectivity index (χ4v) is 5.22. The second-order valence-corrected chi connectivity index (χ2v) is 10.1. The van der Waals surface area contributed by atoms with E-state index in [0.717, 1.165) is 37.0 Å². The average molecular weight is 510 g/mol. The number of benzene rings is 2. The lowest BCUT2D eigenvalue weighted by Crippen LogP contribution is -2.44. The van der Waals surface area contributed by atoms with Crippen LogP contribution < -0.4 is 9.80 Å². The van der Waals surface area contributed by atoms with E-state index in [4.69, 9.17) is 0 Å². The van der Waals surface area contributed by atoms with Crippen LogP contribution in [0.25, 0.3) is 0 Å². The van der Waals surface area contributed by atoms with Crippen LogP contribution in [-0.4, -0.2) is 60.4 Å². The van der Waals surface area contributed by atoms with Crippen molar-refractivity contribution < 1.29 is 18.0 Å². The van der Waals surface area contributed by atoms with Gasteiger partial charge in [-0.15, -0.1) is 0 Å². The maximum Gasteiger partial charge on any atom is 0.416 e. The van der Waals surface area contributed by atoms with Gasteiger partial charge in [0.2, 0.25) is 0 Å². The first-order valence-corrected chi connectivity index (χ1v) is 12.5. The van der Waals surface area contributed by atoms with Crippen LogP contribution in [0, 0.1) is 0 Å². The van der Waals surface area contributed by atoms with Crippen LogP contribution in [-0.2, 0) is 19.1 Å². The molecule has 0 bridgehead atoms. The highest BCUT2D eigenvalue weighted by molar-refractivity contribution is 5.98. The van der Waals surface area contributed by atoms with Crippen LogP contribution in [0.3, 0.4) is 0 Å². The normalized spacial score (nSPS) is 18.6. The monoisotopic (exact) mass is 509 g/mol. The Bertz CT molecular complexity index is 1270. The Kier molecular flexibility index (Phi) is 6.90. The smallest absolute Gasteiger partial charge is 0.369 e. The van der Waals surface area contributed by atoms with E-state index in [1.807, 2.05) is 24.1 Å². The molecule has 2 aliphatic rings.